The minimum Gasteiger partial charge on any atom is -0.481 e. The summed E-state index contributed by atoms with van der Waals surface area (Å²) in [6, 6.07) is 19.3. The van der Waals surface area contributed by atoms with E-state index in [4.69, 9.17) is 4.74 Å². The van der Waals surface area contributed by atoms with Gasteiger partial charge in [0.2, 0.25) is 0 Å². The van der Waals surface area contributed by atoms with Gasteiger partial charge in [0.15, 0.2) is 6.10 Å². The Kier molecular flexibility index (Phi) is 5.79. The summed E-state index contributed by atoms with van der Waals surface area (Å²) in [6.45, 7) is 1.54. The van der Waals surface area contributed by atoms with Gasteiger partial charge in [-0.05, 0) is 54.1 Å². The molecule has 3 aromatic rings. The monoisotopic (exact) mass is 448 g/mol. The molecule has 0 fully saturated rings. The number of carbonyl (C=O) groups excluding carboxylic acids is 1. The average molecular weight is 449 g/mol. The number of fused-ring (bicyclic) bond motifs is 1. The Morgan fingerprint density at radius 3 is 2.37 bits per heavy atom. The summed E-state index contributed by atoms with van der Waals surface area (Å²) in [7, 11) is -3.87. The molecule has 0 saturated heterocycles. The van der Waals surface area contributed by atoms with E-state index < -0.39 is 22.0 Å². The molecule has 0 aliphatic heterocycles. The summed E-state index contributed by atoms with van der Waals surface area (Å²) in [5.41, 5.74) is 2.18. The highest BCUT2D eigenvalue weighted by atomic mass is 79.9. The zero-order valence-electron chi connectivity index (χ0n) is 14.3. The molecule has 27 heavy (non-hydrogen) atoms. The number of halogens is 1. The van der Waals surface area contributed by atoms with Gasteiger partial charge in [0.25, 0.3) is 15.9 Å². The van der Waals surface area contributed by atoms with Crippen LogP contribution in [0.3, 0.4) is 0 Å². The number of ether oxygens (including phenoxy) is 1. The highest BCUT2D eigenvalue weighted by molar-refractivity contribution is 9.10. The molecule has 6 nitrogen and oxygen atoms in total. The van der Waals surface area contributed by atoms with Gasteiger partial charge in [0, 0.05) is 4.47 Å². The lowest BCUT2D eigenvalue weighted by Gasteiger charge is -2.15. The minimum absolute atomic E-state index is 0.0362. The van der Waals surface area contributed by atoms with Crippen LogP contribution in [0.2, 0.25) is 0 Å². The molecule has 0 aliphatic carbocycles. The van der Waals surface area contributed by atoms with Crippen LogP contribution in [0.5, 0.6) is 5.75 Å². The Morgan fingerprint density at radius 2 is 1.67 bits per heavy atom. The van der Waals surface area contributed by atoms with E-state index >= 15 is 0 Å². The van der Waals surface area contributed by atoms with Crippen LogP contribution in [0.4, 0.5) is 0 Å². The van der Waals surface area contributed by atoms with E-state index in [2.05, 4.69) is 26.2 Å². The van der Waals surface area contributed by atoms with Crippen LogP contribution in [0.25, 0.3) is 10.8 Å². The van der Waals surface area contributed by atoms with Gasteiger partial charge < -0.3 is 4.74 Å². The molecule has 1 amide bonds. The van der Waals surface area contributed by atoms with Gasteiger partial charge in [-0.3, -0.25) is 10.2 Å². The van der Waals surface area contributed by atoms with E-state index in [1.54, 1.807) is 25.1 Å². The maximum Gasteiger partial charge on any atom is 0.275 e. The van der Waals surface area contributed by atoms with Crippen LogP contribution in [0.15, 0.2) is 76.1 Å². The number of hydrogen-bond donors (Lipinski definition) is 2. The Hall–Kier alpha value is -2.42. The number of nitrogens with one attached hydrogen (secondary N) is 2. The average Bonchev–Trinajstić information content (AvgIpc) is 2.66. The highest BCUT2D eigenvalue weighted by Crippen LogP contribution is 2.21. The first-order valence-electron chi connectivity index (χ1n) is 8.08. The van der Waals surface area contributed by atoms with E-state index in [1.165, 1.54) is 12.1 Å². The van der Waals surface area contributed by atoms with Gasteiger partial charge in [-0.1, -0.05) is 46.3 Å². The summed E-state index contributed by atoms with van der Waals surface area (Å²) in [5.74, 6) is -0.0871. The summed E-state index contributed by atoms with van der Waals surface area (Å²) in [6.07, 6.45) is -0.890. The Morgan fingerprint density at radius 1 is 1.00 bits per heavy atom. The van der Waals surface area contributed by atoms with Crippen molar-refractivity contribution in [3.63, 3.8) is 0 Å². The molecule has 8 heteroatoms. The molecule has 140 valence electrons. The predicted molar refractivity (Wildman–Crippen MR) is 107 cm³/mol. The van der Waals surface area contributed by atoms with Crippen LogP contribution in [0.1, 0.15) is 6.92 Å². The quantitative estimate of drug-likeness (QED) is 0.566. The molecule has 2 N–H and O–H groups in total. The largest absolute Gasteiger partial charge is 0.481 e. The number of amides is 1. The molecular formula is C19H17BrN2O4S. The number of carbonyl (C=O) groups is 1. The Balaban J connectivity index is 1.62. The number of hydrogen-bond acceptors (Lipinski definition) is 4. The SMILES string of the molecule is CC(Oc1ccc2ccccc2c1)C(=O)NNS(=O)(=O)c1ccc(Br)cc1. The summed E-state index contributed by atoms with van der Waals surface area (Å²) < 4.78 is 30.8. The molecule has 0 radical (unpaired) electrons. The van der Waals surface area contributed by atoms with E-state index in [9.17, 15) is 13.2 Å². The summed E-state index contributed by atoms with van der Waals surface area (Å²) >= 11 is 3.24. The van der Waals surface area contributed by atoms with E-state index in [0.29, 0.717) is 5.75 Å². The molecule has 0 saturated carbocycles. The second kappa shape index (κ2) is 8.08. The normalized spacial score (nSPS) is 12.5. The number of rotatable bonds is 6. The van der Waals surface area contributed by atoms with Crippen molar-refractivity contribution in [2.75, 3.05) is 0 Å². The van der Waals surface area contributed by atoms with Gasteiger partial charge in [-0.2, -0.15) is 0 Å². The third kappa shape index (κ3) is 4.85. The van der Waals surface area contributed by atoms with Crippen LogP contribution in [0, 0.1) is 0 Å². The first-order chi connectivity index (χ1) is 12.8. The van der Waals surface area contributed by atoms with Crippen molar-refractivity contribution in [2.45, 2.75) is 17.9 Å². The third-order valence-corrected chi connectivity index (χ3v) is 5.63. The second-order valence-electron chi connectivity index (χ2n) is 5.82. The van der Waals surface area contributed by atoms with Gasteiger partial charge in [0.1, 0.15) is 5.75 Å². The molecule has 0 aliphatic rings. The molecule has 0 heterocycles. The first-order valence-corrected chi connectivity index (χ1v) is 10.4. The van der Waals surface area contributed by atoms with E-state index in [-0.39, 0.29) is 4.90 Å². The fourth-order valence-electron chi connectivity index (χ4n) is 2.39. The smallest absolute Gasteiger partial charge is 0.275 e. The number of benzene rings is 3. The zero-order chi connectivity index (χ0) is 19.4. The second-order valence-corrected chi connectivity index (χ2v) is 8.42. The van der Waals surface area contributed by atoms with Gasteiger partial charge in [-0.15, -0.1) is 4.83 Å². The maximum atomic E-state index is 12.2. The van der Waals surface area contributed by atoms with E-state index in [0.717, 1.165) is 15.2 Å². The van der Waals surface area contributed by atoms with Gasteiger partial charge in [0.05, 0.1) is 4.90 Å². The van der Waals surface area contributed by atoms with Crippen LogP contribution in [-0.4, -0.2) is 20.4 Å². The van der Waals surface area contributed by atoms with Crippen molar-refractivity contribution >= 4 is 42.6 Å². The molecular weight excluding hydrogens is 432 g/mol. The zero-order valence-corrected chi connectivity index (χ0v) is 16.7. The van der Waals surface area contributed by atoms with Crippen molar-refractivity contribution in [1.29, 1.82) is 0 Å². The molecule has 1 unspecified atom stereocenters. The van der Waals surface area contributed by atoms with E-state index in [1.807, 2.05) is 36.4 Å². The number of sulfonamides is 1. The van der Waals surface area contributed by atoms with Crippen LogP contribution >= 0.6 is 15.9 Å². The molecule has 3 aromatic carbocycles. The van der Waals surface area contributed by atoms with Crippen molar-refractivity contribution < 1.29 is 17.9 Å². The van der Waals surface area contributed by atoms with Gasteiger partial charge >= 0.3 is 0 Å². The van der Waals surface area contributed by atoms with Crippen molar-refractivity contribution in [1.82, 2.24) is 10.3 Å². The van der Waals surface area contributed by atoms with Gasteiger partial charge in [-0.25, -0.2) is 8.42 Å². The Bertz CT molecular complexity index is 1070. The first kappa shape index (κ1) is 19.3. The summed E-state index contributed by atoms with van der Waals surface area (Å²) in [4.78, 5) is 14.3. The fraction of sp³-hybridized carbons (Fsp3) is 0.105. The lowest BCUT2D eigenvalue weighted by molar-refractivity contribution is -0.127. The highest BCUT2D eigenvalue weighted by Gasteiger charge is 2.19. The third-order valence-electron chi connectivity index (χ3n) is 3.84. The molecule has 0 bridgehead atoms. The minimum atomic E-state index is -3.87. The Labute approximate surface area is 165 Å². The fourth-order valence-corrected chi connectivity index (χ4v) is 3.50. The maximum absolute atomic E-state index is 12.2. The van der Waals surface area contributed by atoms with Crippen molar-refractivity contribution in [3.05, 3.63) is 71.2 Å². The topological polar surface area (TPSA) is 84.5 Å². The standard InChI is InChI=1S/C19H17BrN2O4S/c1-13(26-17-9-6-14-4-2-3-5-15(14)12-17)19(23)21-22-27(24,25)18-10-7-16(20)8-11-18/h2-13,22H,1H3,(H,21,23). The van der Waals surface area contributed by atoms with Crippen molar-refractivity contribution in [3.8, 4) is 5.75 Å². The van der Waals surface area contributed by atoms with Crippen LogP contribution in [-0.2, 0) is 14.8 Å². The lowest BCUT2D eigenvalue weighted by Crippen LogP contribution is -2.47. The number of hydrazine groups is 1. The molecule has 1 atom stereocenters. The van der Waals surface area contributed by atoms with Crippen LogP contribution < -0.4 is 15.0 Å². The van der Waals surface area contributed by atoms with Crippen molar-refractivity contribution in [2.24, 2.45) is 0 Å². The predicted octanol–water partition coefficient (Wildman–Crippen LogP) is 3.38. The lowest BCUT2D eigenvalue weighted by atomic mass is 10.1. The summed E-state index contributed by atoms with van der Waals surface area (Å²) in [5, 5.41) is 2.04. The molecule has 3 rings (SSSR count). The molecule has 0 spiro atoms. The molecule has 0 aromatic heterocycles.